The predicted octanol–water partition coefficient (Wildman–Crippen LogP) is 3.12. The SMILES string of the molecule is CC1CCC(N2CCc3nc(C4CCN(C(=O)c5ccncc5)CC4)[nH]c(=O)c3C2)CC1. The molecule has 1 amide bonds. The molecule has 2 fully saturated rings. The topological polar surface area (TPSA) is 82.2 Å². The maximum absolute atomic E-state index is 13.0. The number of carbonyl (C=O) groups is 1. The highest BCUT2D eigenvalue weighted by molar-refractivity contribution is 5.94. The van der Waals surface area contributed by atoms with Crippen molar-refractivity contribution in [3.8, 4) is 0 Å². The fourth-order valence-electron chi connectivity index (χ4n) is 5.61. The molecule has 0 unspecified atom stereocenters. The molecule has 5 rings (SSSR count). The molecule has 1 N–H and O–H groups in total. The Bertz CT molecular complexity index is 1000. The lowest BCUT2D eigenvalue weighted by Gasteiger charge is -2.38. The zero-order chi connectivity index (χ0) is 22.1. The largest absolute Gasteiger partial charge is 0.339 e. The van der Waals surface area contributed by atoms with Gasteiger partial charge >= 0.3 is 0 Å². The van der Waals surface area contributed by atoms with Crippen LogP contribution in [0, 0.1) is 5.92 Å². The molecule has 2 aromatic heterocycles. The Morgan fingerprint density at radius 2 is 1.75 bits per heavy atom. The first-order valence-electron chi connectivity index (χ1n) is 12.1. The minimum absolute atomic E-state index is 0.0363. The number of pyridine rings is 1. The van der Waals surface area contributed by atoms with Gasteiger partial charge in [-0.05, 0) is 56.6 Å². The zero-order valence-corrected chi connectivity index (χ0v) is 18.9. The van der Waals surface area contributed by atoms with Gasteiger partial charge < -0.3 is 9.88 Å². The highest BCUT2D eigenvalue weighted by Crippen LogP contribution is 2.31. The lowest BCUT2D eigenvalue weighted by atomic mass is 9.86. The second-order valence-electron chi connectivity index (χ2n) is 9.81. The van der Waals surface area contributed by atoms with Crippen molar-refractivity contribution in [2.24, 2.45) is 5.92 Å². The second kappa shape index (κ2) is 9.14. The van der Waals surface area contributed by atoms with E-state index < -0.39 is 0 Å². The summed E-state index contributed by atoms with van der Waals surface area (Å²) in [6, 6.07) is 4.13. The summed E-state index contributed by atoms with van der Waals surface area (Å²) >= 11 is 0. The summed E-state index contributed by atoms with van der Waals surface area (Å²) in [5.74, 6) is 1.90. The Kier molecular flexibility index (Phi) is 6.09. The van der Waals surface area contributed by atoms with Gasteiger partial charge in [-0.25, -0.2) is 4.98 Å². The van der Waals surface area contributed by atoms with Crippen LogP contribution >= 0.6 is 0 Å². The van der Waals surface area contributed by atoms with E-state index in [-0.39, 0.29) is 17.4 Å². The highest BCUT2D eigenvalue weighted by atomic mass is 16.2. The number of carbonyl (C=O) groups excluding carboxylic acids is 1. The van der Waals surface area contributed by atoms with Crippen molar-refractivity contribution >= 4 is 5.91 Å². The van der Waals surface area contributed by atoms with Crippen LogP contribution in [0.1, 0.15) is 78.8 Å². The third-order valence-corrected chi connectivity index (χ3v) is 7.71. The Hall–Kier alpha value is -2.54. The predicted molar refractivity (Wildman–Crippen MR) is 123 cm³/mol. The number of rotatable bonds is 3. The van der Waals surface area contributed by atoms with E-state index in [4.69, 9.17) is 4.98 Å². The van der Waals surface area contributed by atoms with Crippen LogP contribution in [-0.4, -0.2) is 56.3 Å². The molecule has 1 aliphatic carbocycles. The number of nitrogens with zero attached hydrogens (tertiary/aromatic N) is 4. The molecule has 7 nitrogen and oxygen atoms in total. The molecule has 2 aliphatic heterocycles. The van der Waals surface area contributed by atoms with Crippen LogP contribution in [-0.2, 0) is 13.0 Å². The number of hydrogen-bond acceptors (Lipinski definition) is 5. The number of piperidine rings is 1. The Morgan fingerprint density at radius 3 is 2.47 bits per heavy atom. The van der Waals surface area contributed by atoms with Crippen molar-refractivity contribution in [2.75, 3.05) is 19.6 Å². The van der Waals surface area contributed by atoms with Crippen LogP contribution in [0.2, 0.25) is 0 Å². The summed E-state index contributed by atoms with van der Waals surface area (Å²) in [6.45, 7) is 5.44. The maximum Gasteiger partial charge on any atom is 0.255 e. The lowest BCUT2D eigenvalue weighted by molar-refractivity contribution is 0.0710. The molecule has 4 heterocycles. The lowest BCUT2D eigenvalue weighted by Crippen LogP contribution is -2.44. The third kappa shape index (κ3) is 4.35. The molecule has 1 saturated heterocycles. The molecule has 0 atom stereocenters. The number of nitrogens with one attached hydrogen (secondary N) is 1. The fourth-order valence-corrected chi connectivity index (χ4v) is 5.61. The first kappa shape index (κ1) is 21.3. The van der Waals surface area contributed by atoms with Crippen molar-refractivity contribution in [2.45, 2.75) is 70.4 Å². The van der Waals surface area contributed by atoms with E-state index in [1.54, 1.807) is 24.5 Å². The monoisotopic (exact) mass is 435 g/mol. The molecule has 1 saturated carbocycles. The van der Waals surface area contributed by atoms with E-state index in [1.807, 2.05) is 4.90 Å². The third-order valence-electron chi connectivity index (χ3n) is 7.71. The molecule has 7 heteroatoms. The van der Waals surface area contributed by atoms with Crippen LogP contribution in [0.25, 0.3) is 0 Å². The number of aromatic amines is 1. The normalized spacial score (nSPS) is 24.8. The van der Waals surface area contributed by atoms with Gasteiger partial charge in [0.2, 0.25) is 0 Å². The Morgan fingerprint density at radius 1 is 1.03 bits per heavy atom. The fraction of sp³-hybridized carbons (Fsp3) is 0.600. The molecule has 0 aromatic carbocycles. The first-order valence-corrected chi connectivity index (χ1v) is 12.1. The van der Waals surface area contributed by atoms with E-state index >= 15 is 0 Å². The van der Waals surface area contributed by atoms with Crippen LogP contribution < -0.4 is 5.56 Å². The molecule has 0 radical (unpaired) electrons. The van der Waals surface area contributed by atoms with Crippen LogP contribution in [0.15, 0.2) is 29.3 Å². The van der Waals surface area contributed by atoms with E-state index in [1.165, 1.54) is 25.7 Å². The highest BCUT2D eigenvalue weighted by Gasteiger charge is 2.31. The number of H-pyrrole nitrogens is 1. The van der Waals surface area contributed by atoms with E-state index in [9.17, 15) is 9.59 Å². The second-order valence-corrected chi connectivity index (χ2v) is 9.81. The summed E-state index contributed by atoms with van der Waals surface area (Å²) in [4.78, 5) is 42.1. The molecule has 32 heavy (non-hydrogen) atoms. The van der Waals surface area contributed by atoms with Gasteiger partial charge in [-0.15, -0.1) is 0 Å². The maximum atomic E-state index is 13.0. The molecular formula is C25H33N5O2. The Labute approximate surface area is 189 Å². The standard InChI is InChI=1S/C25H33N5O2/c1-17-2-4-20(5-3-17)30-15-10-22-21(16-30)24(31)28-23(27-22)18-8-13-29(14-9-18)25(32)19-6-11-26-12-7-19/h6-7,11-12,17-18,20H,2-5,8-10,13-16H2,1H3,(H,27,28,31). The molecular weight excluding hydrogens is 402 g/mol. The molecule has 0 spiro atoms. The van der Waals surface area contributed by atoms with Crippen molar-refractivity contribution in [3.63, 3.8) is 0 Å². The van der Waals surface area contributed by atoms with Gasteiger partial charge in [-0.3, -0.25) is 19.5 Å². The molecule has 3 aliphatic rings. The van der Waals surface area contributed by atoms with Crippen molar-refractivity contribution in [1.82, 2.24) is 24.8 Å². The van der Waals surface area contributed by atoms with Gasteiger partial charge in [-0.2, -0.15) is 0 Å². The number of aromatic nitrogens is 3. The average Bonchev–Trinajstić information content (AvgIpc) is 2.84. The molecule has 2 aromatic rings. The molecule has 0 bridgehead atoms. The van der Waals surface area contributed by atoms with Gasteiger partial charge in [0.05, 0.1) is 11.3 Å². The van der Waals surface area contributed by atoms with Crippen molar-refractivity contribution < 1.29 is 4.79 Å². The smallest absolute Gasteiger partial charge is 0.255 e. The number of fused-ring (bicyclic) bond motifs is 1. The van der Waals surface area contributed by atoms with Crippen molar-refractivity contribution in [3.05, 3.63) is 57.5 Å². The number of likely N-dealkylation sites (tertiary alicyclic amines) is 1. The quantitative estimate of drug-likeness (QED) is 0.801. The molecule has 170 valence electrons. The summed E-state index contributed by atoms with van der Waals surface area (Å²) < 4.78 is 0. The number of amides is 1. The van der Waals surface area contributed by atoms with Gasteiger partial charge in [0.25, 0.3) is 11.5 Å². The van der Waals surface area contributed by atoms with Crippen LogP contribution in [0.5, 0.6) is 0 Å². The first-order chi connectivity index (χ1) is 15.6. The van der Waals surface area contributed by atoms with Gasteiger partial charge in [-0.1, -0.05) is 6.92 Å². The van der Waals surface area contributed by atoms with E-state index in [0.717, 1.165) is 55.4 Å². The van der Waals surface area contributed by atoms with Crippen LogP contribution in [0.3, 0.4) is 0 Å². The summed E-state index contributed by atoms with van der Waals surface area (Å²) in [7, 11) is 0. The van der Waals surface area contributed by atoms with Crippen LogP contribution in [0.4, 0.5) is 0 Å². The Balaban J connectivity index is 1.24. The van der Waals surface area contributed by atoms with Crippen molar-refractivity contribution in [1.29, 1.82) is 0 Å². The average molecular weight is 436 g/mol. The number of hydrogen-bond donors (Lipinski definition) is 1. The van der Waals surface area contributed by atoms with Gasteiger partial charge in [0.15, 0.2) is 0 Å². The van der Waals surface area contributed by atoms with E-state index in [0.29, 0.717) is 24.7 Å². The summed E-state index contributed by atoms with van der Waals surface area (Å²) in [5.41, 5.74) is 2.56. The minimum atomic E-state index is 0.0363. The minimum Gasteiger partial charge on any atom is -0.339 e. The summed E-state index contributed by atoms with van der Waals surface area (Å²) in [6.07, 6.45) is 10.9. The van der Waals surface area contributed by atoms with Gasteiger partial charge in [0, 0.05) is 62.5 Å². The zero-order valence-electron chi connectivity index (χ0n) is 18.9. The van der Waals surface area contributed by atoms with Gasteiger partial charge in [0.1, 0.15) is 5.82 Å². The van der Waals surface area contributed by atoms with E-state index in [2.05, 4.69) is 21.8 Å². The summed E-state index contributed by atoms with van der Waals surface area (Å²) in [5, 5.41) is 0.